The Morgan fingerprint density at radius 3 is 2.40 bits per heavy atom. The van der Waals surface area contributed by atoms with Crippen molar-refractivity contribution >= 4 is 28.1 Å². The molecule has 1 heterocycles. The smallest absolute Gasteiger partial charge is 0.144 e. The molecule has 0 fully saturated rings. The topological polar surface area (TPSA) is 60.9 Å². The Kier molecular flexibility index (Phi) is 4.10. The predicted octanol–water partition coefficient (Wildman–Crippen LogP) is 2.55. The number of anilines is 1. The summed E-state index contributed by atoms with van der Waals surface area (Å²) in [5.74, 6) is -2.00. The Morgan fingerprint density at radius 1 is 1.40 bits per heavy atom. The molecule has 20 heavy (non-hydrogen) atoms. The third-order valence-electron chi connectivity index (χ3n) is 2.78. The molecule has 2 N–H and O–H groups in total. The van der Waals surface area contributed by atoms with Crippen molar-refractivity contribution < 1.29 is 13.0 Å². The zero-order chi connectivity index (χ0) is 15.0. The zero-order valence-corrected chi connectivity index (χ0v) is 12.4. The number of hydrogen-bond acceptors (Lipinski definition) is 3. The van der Waals surface area contributed by atoms with E-state index in [4.69, 9.17) is 17.3 Å². The molecule has 0 aliphatic heterocycles. The number of halogens is 3. The molecule has 0 amide bonds. The lowest BCUT2D eigenvalue weighted by Gasteiger charge is -2.07. The third kappa shape index (κ3) is 2.69. The lowest BCUT2D eigenvalue weighted by atomic mass is 10.3. The number of nitrogens with zero attached hydrogens (tertiary/aromatic N) is 2. The number of nitrogens with two attached hydrogens (primary N) is 1. The molecule has 108 valence electrons. The van der Waals surface area contributed by atoms with Gasteiger partial charge in [-0.3, -0.25) is 8.89 Å². The molecule has 0 aliphatic carbocycles. The van der Waals surface area contributed by atoms with E-state index in [-0.39, 0.29) is 11.4 Å². The maximum Gasteiger partial charge on any atom is 0.144 e. The highest BCUT2D eigenvalue weighted by Crippen LogP contribution is 2.26. The summed E-state index contributed by atoms with van der Waals surface area (Å²) in [4.78, 5) is -0.505. The molecule has 2 rings (SSSR count). The van der Waals surface area contributed by atoms with Gasteiger partial charge in [-0.05, 0) is 19.1 Å². The van der Waals surface area contributed by atoms with Crippen LogP contribution in [0.5, 0.6) is 0 Å². The average Bonchev–Trinajstić information content (AvgIpc) is 2.54. The van der Waals surface area contributed by atoms with Gasteiger partial charge in [0.05, 0.1) is 33.0 Å². The number of aromatic nitrogens is 2. The van der Waals surface area contributed by atoms with Crippen molar-refractivity contribution in [2.24, 2.45) is 7.05 Å². The van der Waals surface area contributed by atoms with Crippen LogP contribution in [0.15, 0.2) is 17.0 Å². The maximum atomic E-state index is 13.7. The van der Waals surface area contributed by atoms with E-state index in [1.807, 2.05) is 0 Å². The standard InChI is InChI=1S/C12H12ClF2N3OS/c1-6-11(13)10(18(2)17-6)5-20(19)12-8(14)3-7(16)4-9(12)15/h3-4H,5,16H2,1-2H3. The van der Waals surface area contributed by atoms with Crippen molar-refractivity contribution in [2.75, 3.05) is 5.73 Å². The normalized spacial score (nSPS) is 12.7. The molecule has 8 heteroatoms. The summed E-state index contributed by atoms with van der Waals surface area (Å²) in [6.45, 7) is 1.69. The second kappa shape index (κ2) is 5.49. The molecular weight excluding hydrogens is 308 g/mol. The fourth-order valence-corrected chi connectivity index (χ4v) is 3.41. The molecule has 1 atom stereocenters. The van der Waals surface area contributed by atoms with Crippen LogP contribution in [-0.4, -0.2) is 14.0 Å². The molecule has 2 aromatic rings. The van der Waals surface area contributed by atoms with Gasteiger partial charge in [0.2, 0.25) is 0 Å². The average molecular weight is 320 g/mol. The minimum absolute atomic E-state index is 0.0600. The maximum absolute atomic E-state index is 13.7. The number of hydrogen-bond donors (Lipinski definition) is 1. The van der Waals surface area contributed by atoms with Crippen LogP contribution in [0.2, 0.25) is 5.02 Å². The number of aryl methyl sites for hydroxylation is 2. The highest BCUT2D eigenvalue weighted by molar-refractivity contribution is 7.84. The molecule has 1 aromatic heterocycles. The second-order valence-corrected chi connectivity index (χ2v) is 6.04. The molecule has 1 unspecified atom stereocenters. The minimum Gasteiger partial charge on any atom is -0.399 e. The summed E-state index contributed by atoms with van der Waals surface area (Å²) in [5, 5.41) is 4.40. The van der Waals surface area contributed by atoms with E-state index in [1.54, 1.807) is 14.0 Å². The van der Waals surface area contributed by atoms with E-state index in [9.17, 15) is 13.0 Å². The SMILES string of the molecule is Cc1nn(C)c(CS(=O)c2c(F)cc(N)cc2F)c1Cl. The summed E-state index contributed by atoms with van der Waals surface area (Å²) < 4.78 is 41.0. The van der Waals surface area contributed by atoms with Gasteiger partial charge >= 0.3 is 0 Å². The summed E-state index contributed by atoms with van der Waals surface area (Å²) in [6, 6.07) is 1.87. The van der Waals surface area contributed by atoms with Crippen molar-refractivity contribution in [2.45, 2.75) is 17.6 Å². The molecule has 1 aromatic carbocycles. The van der Waals surface area contributed by atoms with Gasteiger partial charge in [-0.15, -0.1) is 0 Å². The van der Waals surface area contributed by atoms with Gasteiger partial charge in [0.15, 0.2) is 0 Å². The van der Waals surface area contributed by atoms with Crippen LogP contribution in [0.1, 0.15) is 11.4 Å². The fraction of sp³-hybridized carbons (Fsp3) is 0.250. The minimum atomic E-state index is -1.92. The predicted molar refractivity (Wildman–Crippen MR) is 73.8 cm³/mol. The van der Waals surface area contributed by atoms with Gasteiger partial charge in [-0.25, -0.2) is 8.78 Å². The van der Waals surface area contributed by atoms with Crippen LogP contribution < -0.4 is 5.73 Å². The van der Waals surface area contributed by atoms with Crippen LogP contribution >= 0.6 is 11.6 Å². The Morgan fingerprint density at radius 2 is 1.95 bits per heavy atom. The van der Waals surface area contributed by atoms with Gasteiger partial charge in [0.25, 0.3) is 0 Å². The lowest BCUT2D eigenvalue weighted by molar-refractivity contribution is 0.535. The molecule has 4 nitrogen and oxygen atoms in total. The van der Waals surface area contributed by atoms with E-state index in [0.717, 1.165) is 12.1 Å². The molecule has 0 saturated heterocycles. The van der Waals surface area contributed by atoms with E-state index >= 15 is 0 Å². The molecule has 0 bridgehead atoms. The number of rotatable bonds is 3. The molecule has 0 aliphatic rings. The fourth-order valence-electron chi connectivity index (χ4n) is 1.83. The van der Waals surface area contributed by atoms with Gasteiger partial charge in [0.1, 0.15) is 16.5 Å². The van der Waals surface area contributed by atoms with Gasteiger partial charge < -0.3 is 5.73 Å². The van der Waals surface area contributed by atoms with E-state index < -0.39 is 27.3 Å². The zero-order valence-electron chi connectivity index (χ0n) is 10.8. The number of nitrogen functional groups attached to an aromatic ring is 1. The molecule has 0 saturated carbocycles. The van der Waals surface area contributed by atoms with Crippen LogP contribution in [0, 0.1) is 18.6 Å². The summed E-state index contributed by atoms with van der Waals surface area (Å²) in [5.41, 5.74) is 6.28. The first-order chi connectivity index (χ1) is 9.31. The van der Waals surface area contributed by atoms with E-state index in [1.165, 1.54) is 4.68 Å². The molecular formula is C12H12ClF2N3OS. The molecule has 0 radical (unpaired) electrons. The summed E-state index contributed by atoms with van der Waals surface area (Å²) in [6.07, 6.45) is 0. The van der Waals surface area contributed by atoms with Crippen LogP contribution in [0.25, 0.3) is 0 Å². The first kappa shape index (κ1) is 14.9. The van der Waals surface area contributed by atoms with E-state index in [2.05, 4.69) is 5.10 Å². The summed E-state index contributed by atoms with van der Waals surface area (Å²) >= 11 is 6.03. The second-order valence-electron chi connectivity index (χ2n) is 4.27. The quantitative estimate of drug-likeness (QED) is 0.884. The van der Waals surface area contributed by atoms with Crippen LogP contribution in [0.4, 0.5) is 14.5 Å². The van der Waals surface area contributed by atoms with Crippen molar-refractivity contribution in [1.82, 2.24) is 9.78 Å². The largest absolute Gasteiger partial charge is 0.399 e. The Hall–Kier alpha value is -1.47. The van der Waals surface area contributed by atoms with Crippen LogP contribution in [0.3, 0.4) is 0 Å². The van der Waals surface area contributed by atoms with E-state index in [0.29, 0.717) is 16.4 Å². The van der Waals surface area contributed by atoms with Gasteiger partial charge in [-0.2, -0.15) is 5.10 Å². The third-order valence-corrected chi connectivity index (χ3v) is 4.65. The van der Waals surface area contributed by atoms with Crippen molar-refractivity contribution in [3.8, 4) is 0 Å². The summed E-state index contributed by atoms with van der Waals surface area (Å²) in [7, 11) is -0.298. The van der Waals surface area contributed by atoms with Crippen molar-refractivity contribution in [3.63, 3.8) is 0 Å². The highest BCUT2D eigenvalue weighted by atomic mass is 35.5. The van der Waals surface area contributed by atoms with Gasteiger partial charge in [-0.1, -0.05) is 11.6 Å². The Balaban J connectivity index is 2.38. The monoisotopic (exact) mass is 319 g/mol. The lowest BCUT2D eigenvalue weighted by Crippen LogP contribution is -2.07. The first-order valence-corrected chi connectivity index (χ1v) is 7.31. The van der Waals surface area contributed by atoms with Crippen molar-refractivity contribution in [3.05, 3.63) is 40.2 Å². The Labute approximate surface area is 122 Å². The van der Waals surface area contributed by atoms with Gasteiger partial charge in [0, 0.05) is 12.7 Å². The Bertz CT molecular complexity index is 679. The van der Waals surface area contributed by atoms with Crippen LogP contribution in [-0.2, 0) is 23.6 Å². The highest BCUT2D eigenvalue weighted by Gasteiger charge is 2.21. The van der Waals surface area contributed by atoms with Crippen molar-refractivity contribution in [1.29, 1.82) is 0 Å². The first-order valence-electron chi connectivity index (χ1n) is 5.62. The molecule has 0 spiro atoms. The number of benzene rings is 1.